The van der Waals surface area contributed by atoms with E-state index in [4.69, 9.17) is 4.65 Å². The van der Waals surface area contributed by atoms with Crippen molar-refractivity contribution < 1.29 is 23.7 Å². The van der Waals surface area contributed by atoms with E-state index in [1.54, 1.807) is 5.98 Å². The predicted molar refractivity (Wildman–Crippen MR) is 111 cm³/mol. The van der Waals surface area contributed by atoms with Crippen LogP contribution in [0.4, 0.5) is 0 Å². The molecule has 0 spiro atoms. The Morgan fingerprint density at radius 3 is 2.59 bits per heavy atom. The third-order valence-electron chi connectivity index (χ3n) is 8.99. The number of nitrogens with zero attached hydrogens (tertiary/aromatic N) is 1. The summed E-state index contributed by atoms with van der Waals surface area (Å²) in [4.78, 5) is 25.3. The van der Waals surface area contributed by atoms with Crippen molar-refractivity contribution in [3.63, 3.8) is 0 Å². The average molecular weight is 395 g/mol. The van der Waals surface area contributed by atoms with Gasteiger partial charge in [-0.25, -0.2) is 0 Å². The molecule has 6 heteroatoms. The van der Waals surface area contributed by atoms with Crippen LogP contribution < -0.4 is 0 Å². The molecule has 6 rings (SSSR count). The predicted octanol–water partition coefficient (Wildman–Crippen LogP) is 2.81. The van der Waals surface area contributed by atoms with Gasteiger partial charge in [0.1, 0.15) is 6.54 Å². The third-order valence-corrected chi connectivity index (χ3v) is 8.99. The van der Waals surface area contributed by atoms with E-state index in [1.165, 1.54) is 6.42 Å². The van der Waals surface area contributed by atoms with Crippen molar-refractivity contribution in [1.29, 1.82) is 0 Å². The lowest BCUT2D eigenvalue weighted by atomic mass is 9.43. The number of carbonyl (C=O) groups excluding carboxylic acids is 2. The molecule has 1 aromatic carbocycles. The monoisotopic (exact) mass is 395 g/mol. The molecule has 0 radical (unpaired) electrons. The molecular formula is C23H30BNO4. The smallest absolute Gasteiger partial charge is 0.549 e. The molecule has 154 valence electrons. The molecule has 1 N–H and O–H groups in total. The summed E-state index contributed by atoms with van der Waals surface area (Å²) >= 11 is 0. The van der Waals surface area contributed by atoms with Crippen LogP contribution in [0.5, 0.6) is 0 Å². The van der Waals surface area contributed by atoms with Gasteiger partial charge >= 0.3 is 6.69 Å². The normalized spacial score (nSPS) is 45.2. The first-order chi connectivity index (χ1) is 13.7. The molecule has 1 aromatic rings. The molecule has 4 bridgehead atoms. The molecule has 3 saturated carbocycles. The molecule has 4 unspecified atom stereocenters. The van der Waals surface area contributed by atoms with Gasteiger partial charge in [0.25, 0.3) is 5.97 Å². The standard InChI is InChI=1S/C23H30BNO4/c1-15-19-11-17(23(19,2)3)12-20(15)25-13-18(21(26)14-25)22(27)29-24(25,28)10-9-16-7-5-4-6-8-16/h4-10,15,17-20,28H,11-14H2,1-3H3/t15-,17+,18?,19?,20?,24?,25-/m1/s1. The zero-order valence-corrected chi connectivity index (χ0v) is 17.5. The first-order valence-corrected chi connectivity index (χ1v) is 10.9. The SMILES string of the molecule is C[C@@H]1C2C[C@@H](CC1[N@+]13CC(=O)C(C1)C(=O)O[B-]3(O)C=Cc1ccccc1)C2(C)C. The first-order valence-electron chi connectivity index (χ1n) is 10.9. The van der Waals surface area contributed by atoms with Crippen LogP contribution in [-0.2, 0) is 14.2 Å². The number of fused-ring (bicyclic) bond motifs is 5. The fraction of sp³-hybridized carbons (Fsp3) is 0.565. The van der Waals surface area contributed by atoms with Crippen molar-refractivity contribution in [3.8, 4) is 0 Å². The quantitative estimate of drug-likeness (QED) is 0.632. The summed E-state index contributed by atoms with van der Waals surface area (Å²) in [7, 11) is 0. The highest BCUT2D eigenvalue weighted by Gasteiger charge is 2.69. The van der Waals surface area contributed by atoms with Gasteiger partial charge in [0.2, 0.25) is 5.78 Å². The lowest BCUT2D eigenvalue weighted by molar-refractivity contribution is -0.870. The van der Waals surface area contributed by atoms with Crippen LogP contribution in [-0.4, -0.2) is 47.0 Å². The molecule has 5 nitrogen and oxygen atoms in total. The maximum atomic E-state index is 12.8. The van der Waals surface area contributed by atoms with E-state index < -0.39 is 18.6 Å². The Bertz CT molecular complexity index is 899. The minimum atomic E-state index is -2.64. The van der Waals surface area contributed by atoms with Gasteiger partial charge in [-0.3, -0.25) is 9.59 Å². The van der Waals surface area contributed by atoms with E-state index in [0.717, 1.165) is 12.0 Å². The first kappa shape index (κ1) is 19.1. The highest BCUT2D eigenvalue weighted by atomic mass is 16.6. The zero-order valence-electron chi connectivity index (χ0n) is 17.5. The second kappa shape index (κ2) is 6.05. The number of quaternary nitrogens is 1. The Kier molecular flexibility index (Phi) is 3.98. The minimum absolute atomic E-state index is 0.0772. The average Bonchev–Trinajstić information content (AvgIpc) is 3.02. The molecule has 7 atom stereocenters. The van der Waals surface area contributed by atoms with Crippen LogP contribution in [0, 0.1) is 29.1 Å². The van der Waals surface area contributed by atoms with Crippen molar-refractivity contribution in [2.75, 3.05) is 13.1 Å². The van der Waals surface area contributed by atoms with Crippen molar-refractivity contribution in [1.82, 2.24) is 0 Å². The van der Waals surface area contributed by atoms with Crippen LogP contribution in [0.25, 0.3) is 6.08 Å². The van der Waals surface area contributed by atoms with E-state index in [0.29, 0.717) is 29.7 Å². The van der Waals surface area contributed by atoms with Crippen LogP contribution in [0.15, 0.2) is 36.3 Å². The van der Waals surface area contributed by atoms with E-state index in [1.807, 2.05) is 36.4 Å². The number of Topliss-reactive ketones (excluding diaryl/α,β-unsaturated/α-hetero) is 1. The summed E-state index contributed by atoms with van der Waals surface area (Å²) < 4.78 is 5.91. The van der Waals surface area contributed by atoms with Gasteiger partial charge in [-0.1, -0.05) is 57.2 Å². The van der Waals surface area contributed by atoms with Crippen LogP contribution >= 0.6 is 0 Å². The summed E-state index contributed by atoms with van der Waals surface area (Å²) in [6, 6.07) is 9.84. The van der Waals surface area contributed by atoms with Crippen LogP contribution in [0.3, 0.4) is 0 Å². The Morgan fingerprint density at radius 2 is 1.93 bits per heavy atom. The Morgan fingerprint density at radius 1 is 1.21 bits per heavy atom. The van der Waals surface area contributed by atoms with Gasteiger partial charge in [-0.05, 0) is 35.7 Å². The molecule has 0 amide bonds. The molecule has 3 aliphatic carbocycles. The highest BCUT2D eigenvalue weighted by Crippen LogP contribution is 2.64. The number of ketones is 1. The Labute approximate surface area is 172 Å². The minimum Gasteiger partial charge on any atom is -0.611 e. The Hall–Kier alpha value is -1.92. The molecule has 2 aliphatic heterocycles. The van der Waals surface area contributed by atoms with Crippen molar-refractivity contribution >= 4 is 24.5 Å². The molecule has 0 aromatic heterocycles. The van der Waals surface area contributed by atoms with Gasteiger partial charge in [-0.2, -0.15) is 0 Å². The van der Waals surface area contributed by atoms with E-state index in [2.05, 4.69) is 20.8 Å². The summed E-state index contributed by atoms with van der Waals surface area (Å²) in [5.74, 6) is 1.87. The largest absolute Gasteiger partial charge is 0.611 e. The Balaban J connectivity index is 1.55. The second-order valence-corrected chi connectivity index (χ2v) is 10.5. The fourth-order valence-electron chi connectivity index (χ4n) is 7.09. The topological polar surface area (TPSA) is 63.6 Å². The summed E-state index contributed by atoms with van der Waals surface area (Å²) in [5, 5.41) is 11.8. The summed E-state index contributed by atoms with van der Waals surface area (Å²) in [5.41, 5.74) is 1.25. The molecule has 29 heavy (non-hydrogen) atoms. The number of carbonyl (C=O) groups is 2. The van der Waals surface area contributed by atoms with Crippen molar-refractivity contribution in [2.24, 2.45) is 29.1 Å². The van der Waals surface area contributed by atoms with E-state index in [-0.39, 0.29) is 22.8 Å². The van der Waals surface area contributed by atoms with Gasteiger partial charge in [-0.15, -0.1) is 5.98 Å². The number of rotatable bonds is 3. The maximum absolute atomic E-state index is 12.8. The van der Waals surface area contributed by atoms with Gasteiger partial charge in [0.05, 0.1) is 12.6 Å². The molecular weight excluding hydrogens is 365 g/mol. The van der Waals surface area contributed by atoms with Crippen LogP contribution in [0.2, 0.25) is 0 Å². The van der Waals surface area contributed by atoms with Gasteiger partial charge in [0, 0.05) is 5.92 Å². The number of benzene rings is 1. The van der Waals surface area contributed by atoms with Gasteiger partial charge < -0.3 is 14.1 Å². The zero-order chi connectivity index (χ0) is 20.6. The van der Waals surface area contributed by atoms with Gasteiger partial charge in [0.15, 0.2) is 5.92 Å². The number of hydrogen-bond acceptors (Lipinski definition) is 4. The lowest BCUT2D eigenvalue weighted by Crippen LogP contribution is -2.79. The second-order valence-electron chi connectivity index (χ2n) is 10.5. The summed E-state index contributed by atoms with van der Waals surface area (Å²) in [6.45, 7) is 4.90. The highest BCUT2D eigenvalue weighted by molar-refractivity contribution is 6.67. The third kappa shape index (κ3) is 2.48. The molecule has 5 aliphatic rings. The molecule has 5 fully saturated rings. The maximum Gasteiger partial charge on any atom is 0.549 e. The lowest BCUT2D eigenvalue weighted by Gasteiger charge is -2.68. The molecule has 2 heterocycles. The summed E-state index contributed by atoms with van der Waals surface area (Å²) in [6.07, 6.45) is 4.03. The van der Waals surface area contributed by atoms with Crippen molar-refractivity contribution in [2.45, 2.75) is 39.7 Å². The van der Waals surface area contributed by atoms with Crippen LogP contribution in [0.1, 0.15) is 39.2 Å². The fourth-order valence-corrected chi connectivity index (χ4v) is 7.09. The van der Waals surface area contributed by atoms with Crippen molar-refractivity contribution in [3.05, 3.63) is 41.9 Å². The number of hydrogen-bond donors (Lipinski definition) is 1. The van der Waals surface area contributed by atoms with E-state index >= 15 is 0 Å². The molecule has 2 saturated heterocycles. The van der Waals surface area contributed by atoms with E-state index in [9.17, 15) is 14.6 Å².